The highest BCUT2D eigenvalue weighted by Crippen LogP contribution is 2.30. The summed E-state index contributed by atoms with van der Waals surface area (Å²) in [5, 5.41) is 2.87. The molecule has 4 nitrogen and oxygen atoms in total. The first-order valence-electron chi connectivity index (χ1n) is 8.51. The Labute approximate surface area is 160 Å². The third-order valence-corrected chi connectivity index (χ3v) is 6.03. The number of thiophene rings is 1. The largest absolute Gasteiger partial charge is 0.356 e. The van der Waals surface area contributed by atoms with Gasteiger partial charge in [-0.15, -0.1) is 11.3 Å². The summed E-state index contributed by atoms with van der Waals surface area (Å²) in [7, 11) is 0. The molecule has 0 radical (unpaired) electrons. The molecule has 1 aliphatic rings. The van der Waals surface area contributed by atoms with Crippen molar-refractivity contribution in [3.8, 4) is 10.4 Å². The Morgan fingerprint density at radius 2 is 2.00 bits per heavy atom. The first-order valence-corrected chi connectivity index (χ1v) is 10.1. The Kier molecular flexibility index (Phi) is 5.91. The number of amides is 2. The number of carbonyl (C=O) groups is 2. The molecule has 3 rings (SSSR count). The summed E-state index contributed by atoms with van der Waals surface area (Å²) >= 11 is 4.94. The highest BCUT2D eigenvalue weighted by molar-refractivity contribution is 9.10. The van der Waals surface area contributed by atoms with E-state index in [9.17, 15) is 9.59 Å². The Balaban J connectivity index is 1.70. The first kappa shape index (κ1) is 18.1. The van der Waals surface area contributed by atoms with Gasteiger partial charge in [0.15, 0.2) is 0 Å². The number of carbonyl (C=O) groups excluding carboxylic acids is 2. The van der Waals surface area contributed by atoms with Crippen LogP contribution in [0.15, 0.2) is 40.9 Å². The van der Waals surface area contributed by atoms with Crippen molar-refractivity contribution in [3.63, 3.8) is 0 Å². The minimum absolute atomic E-state index is 0.0300. The molecule has 1 aliphatic heterocycles. The summed E-state index contributed by atoms with van der Waals surface area (Å²) in [6, 6.07) is 12.0. The predicted molar refractivity (Wildman–Crippen MR) is 105 cm³/mol. The molecule has 1 aromatic carbocycles. The van der Waals surface area contributed by atoms with E-state index in [4.69, 9.17) is 0 Å². The van der Waals surface area contributed by atoms with E-state index in [-0.39, 0.29) is 17.7 Å². The van der Waals surface area contributed by atoms with Crippen LogP contribution in [-0.2, 0) is 4.79 Å². The minimum Gasteiger partial charge on any atom is -0.356 e. The fourth-order valence-electron chi connectivity index (χ4n) is 3.07. The van der Waals surface area contributed by atoms with Crippen LogP contribution >= 0.6 is 27.3 Å². The molecule has 0 saturated carbocycles. The van der Waals surface area contributed by atoms with Gasteiger partial charge in [-0.3, -0.25) is 9.59 Å². The topological polar surface area (TPSA) is 49.4 Å². The third kappa shape index (κ3) is 4.30. The molecule has 6 heteroatoms. The minimum atomic E-state index is -0.0939. The molecule has 25 heavy (non-hydrogen) atoms. The number of halogens is 1. The molecule has 2 heterocycles. The summed E-state index contributed by atoms with van der Waals surface area (Å²) in [5.41, 5.74) is 1.10. The van der Waals surface area contributed by atoms with Gasteiger partial charge in [-0.25, -0.2) is 0 Å². The fourth-order valence-corrected chi connectivity index (χ4v) is 4.32. The van der Waals surface area contributed by atoms with E-state index in [1.165, 1.54) is 11.3 Å². The summed E-state index contributed by atoms with van der Waals surface area (Å²) < 4.78 is 1.04. The van der Waals surface area contributed by atoms with Gasteiger partial charge >= 0.3 is 0 Å². The van der Waals surface area contributed by atoms with Crippen molar-refractivity contribution in [1.29, 1.82) is 0 Å². The molecule has 2 amide bonds. The normalized spacial score (nSPS) is 17.4. The summed E-state index contributed by atoms with van der Waals surface area (Å²) in [5.74, 6) is -0.00681. The van der Waals surface area contributed by atoms with Crippen LogP contribution in [0.4, 0.5) is 0 Å². The number of benzene rings is 1. The Bertz CT molecular complexity index is 757. The molecule has 1 aromatic heterocycles. The smallest absolute Gasteiger partial charge is 0.263 e. The zero-order valence-corrected chi connectivity index (χ0v) is 16.5. The maximum Gasteiger partial charge on any atom is 0.263 e. The second-order valence-corrected chi connectivity index (χ2v) is 8.16. The van der Waals surface area contributed by atoms with Crippen LogP contribution in [-0.4, -0.2) is 36.3 Å². The molecule has 1 N–H and O–H groups in total. The summed E-state index contributed by atoms with van der Waals surface area (Å²) in [6.07, 6.45) is 1.72. The van der Waals surface area contributed by atoms with Crippen LogP contribution in [0.25, 0.3) is 10.4 Å². The number of likely N-dealkylation sites (tertiary alicyclic amines) is 1. The standard InChI is InChI=1S/C19H21BrN2O2S/c1-2-21-18(23)14-4-3-11-22(12-14)19(24)17-10-9-16(25-17)13-5-7-15(20)8-6-13/h5-10,14H,2-4,11-12H2,1H3,(H,21,23). The van der Waals surface area contributed by atoms with Crippen molar-refractivity contribution in [1.82, 2.24) is 10.2 Å². The van der Waals surface area contributed by atoms with Crippen LogP contribution in [0.3, 0.4) is 0 Å². The zero-order valence-electron chi connectivity index (χ0n) is 14.1. The number of rotatable bonds is 4. The van der Waals surface area contributed by atoms with E-state index < -0.39 is 0 Å². The SMILES string of the molecule is CCNC(=O)C1CCCN(C(=O)c2ccc(-c3ccc(Br)cc3)s2)C1. The Hall–Kier alpha value is -1.66. The van der Waals surface area contributed by atoms with Gasteiger partial charge in [0.2, 0.25) is 5.91 Å². The van der Waals surface area contributed by atoms with E-state index >= 15 is 0 Å². The second-order valence-electron chi connectivity index (χ2n) is 6.16. The average molecular weight is 421 g/mol. The van der Waals surface area contributed by atoms with Gasteiger partial charge in [0.05, 0.1) is 10.8 Å². The Morgan fingerprint density at radius 3 is 2.72 bits per heavy atom. The number of hydrogen-bond donors (Lipinski definition) is 1. The molecular weight excluding hydrogens is 400 g/mol. The lowest BCUT2D eigenvalue weighted by atomic mass is 9.97. The fraction of sp³-hybridized carbons (Fsp3) is 0.368. The van der Waals surface area contributed by atoms with E-state index in [1.807, 2.05) is 48.2 Å². The molecule has 1 unspecified atom stereocenters. The van der Waals surface area contributed by atoms with Crippen molar-refractivity contribution < 1.29 is 9.59 Å². The van der Waals surface area contributed by atoms with Gasteiger partial charge in [-0.05, 0) is 49.6 Å². The molecule has 1 fully saturated rings. The van der Waals surface area contributed by atoms with Crippen molar-refractivity contribution in [2.24, 2.45) is 5.92 Å². The molecule has 1 atom stereocenters. The van der Waals surface area contributed by atoms with E-state index in [0.29, 0.717) is 13.1 Å². The van der Waals surface area contributed by atoms with E-state index in [1.54, 1.807) is 0 Å². The van der Waals surface area contributed by atoms with E-state index in [0.717, 1.165) is 39.2 Å². The quantitative estimate of drug-likeness (QED) is 0.806. The van der Waals surface area contributed by atoms with Crippen molar-refractivity contribution in [2.75, 3.05) is 19.6 Å². The lowest BCUT2D eigenvalue weighted by Gasteiger charge is -2.31. The average Bonchev–Trinajstić information content (AvgIpc) is 3.12. The Morgan fingerprint density at radius 1 is 1.24 bits per heavy atom. The van der Waals surface area contributed by atoms with Crippen LogP contribution in [0.1, 0.15) is 29.4 Å². The lowest BCUT2D eigenvalue weighted by Crippen LogP contribution is -2.45. The number of nitrogens with one attached hydrogen (secondary N) is 1. The molecular formula is C19H21BrN2O2S. The molecule has 0 spiro atoms. The van der Waals surface area contributed by atoms with Gasteiger partial charge in [0.1, 0.15) is 0 Å². The van der Waals surface area contributed by atoms with Crippen LogP contribution in [0, 0.1) is 5.92 Å². The maximum atomic E-state index is 12.8. The van der Waals surface area contributed by atoms with Gasteiger partial charge in [0, 0.05) is 29.0 Å². The van der Waals surface area contributed by atoms with Crippen LogP contribution in [0.5, 0.6) is 0 Å². The van der Waals surface area contributed by atoms with Crippen molar-refractivity contribution in [3.05, 3.63) is 45.7 Å². The molecule has 0 aliphatic carbocycles. The van der Waals surface area contributed by atoms with Crippen LogP contribution < -0.4 is 5.32 Å². The lowest BCUT2D eigenvalue weighted by molar-refractivity contribution is -0.126. The highest BCUT2D eigenvalue weighted by Gasteiger charge is 2.29. The van der Waals surface area contributed by atoms with Gasteiger partial charge in [-0.2, -0.15) is 0 Å². The number of piperidine rings is 1. The maximum absolute atomic E-state index is 12.8. The molecule has 1 saturated heterocycles. The monoisotopic (exact) mass is 420 g/mol. The molecule has 132 valence electrons. The first-order chi connectivity index (χ1) is 12.1. The van der Waals surface area contributed by atoms with Gasteiger partial charge in [0.25, 0.3) is 5.91 Å². The third-order valence-electron chi connectivity index (χ3n) is 4.38. The van der Waals surface area contributed by atoms with Gasteiger partial charge in [-0.1, -0.05) is 28.1 Å². The predicted octanol–water partition coefficient (Wildman–Crippen LogP) is 4.17. The van der Waals surface area contributed by atoms with Crippen LogP contribution in [0.2, 0.25) is 0 Å². The summed E-state index contributed by atoms with van der Waals surface area (Å²) in [4.78, 5) is 28.5. The highest BCUT2D eigenvalue weighted by atomic mass is 79.9. The number of nitrogens with zero attached hydrogens (tertiary/aromatic N) is 1. The van der Waals surface area contributed by atoms with Crippen molar-refractivity contribution >= 4 is 39.1 Å². The van der Waals surface area contributed by atoms with Gasteiger partial charge < -0.3 is 10.2 Å². The number of hydrogen-bond acceptors (Lipinski definition) is 3. The summed E-state index contributed by atoms with van der Waals surface area (Å²) in [6.45, 7) is 3.78. The molecule has 2 aromatic rings. The zero-order chi connectivity index (χ0) is 17.8. The van der Waals surface area contributed by atoms with Crippen molar-refractivity contribution in [2.45, 2.75) is 19.8 Å². The second kappa shape index (κ2) is 8.15. The molecule has 0 bridgehead atoms. The van der Waals surface area contributed by atoms with E-state index in [2.05, 4.69) is 21.2 Å².